The van der Waals surface area contributed by atoms with Crippen LogP contribution in [0.15, 0.2) is 24.3 Å². The Morgan fingerprint density at radius 3 is 2.57 bits per heavy atom. The smallest absolute Gasteiger partial charge is 0.119 e. The summed E-state index contributed by atoms with van der Waals surface area (Å²) in [5.41, 5.74) is 1.72. The van der Waals surface area contributed by atoms with Crippen LogP contribution in [0.5, 0.6) is 5.75 Å². The van der Waals surface area contributed by atoms with Crippen LogP contribution in [-0.4, -0.2) is 19.2 Å². The van der Waals surface area contributed by atoms with Crippen molar-refractivity contribution >= 4 is 0 Å². The molecule has 1 aliphatic rings. The number of unbranched alkanes of at least 4 members (excludes halogenated alkanes) is 1. The molecule has 1 aromatic carbocycles. The highest BCUT2D eigenvalue weighted by atomic mass is 16.5. The second-order valence-electron chi connectivity index (χ2n) is 7.05. The Balaban J connectivity index is 1.99. The first-order valence-electron chi connectivity index (χ1n) is 8.49. The molecule has 1 fully saturated rings. The number of ether oxygens (including phenoxy) is 1. The van der Waals surface area contributed by atoms with Gasteiger partial charge in [-0.25, -0.2) is 0 Å². The molecule has 1 aromatic rings. The Hall–Kier alpha value is -1.02. The average molecular weight is 289 g/mol. The molecule has 0 amide bonds. The summed E-state index contributed by atoms with van der Waals surface area (Å²) in [6.45, 7) is 6.93. The van der Waals surface area contributed by atoms with Gasteiger partial charge in [0.25, 0.3) is 0 Å². The predicted octanol–water partition coefficient (Wildman–Crippen LogP) is 4.57. The Bertz CT molecular complexity index is 424. The Morgan fingerprint density at radius 1 is 1.24 bits per heavy atom. The number of aryl methyl sites for hydroxylation is 1. The molecule has 21 heavy (non-hydrogen) atoms. The summed E-state index contributed by atoms with van der Waals surface area (Å²) >= 11 is 0. The van der Waals surface area contributed by atoms with Gasteiger partial charge in [-0.15, -0.1) is 0 Å². The normalized spacial score (nSPS) is 24.8. The molecule has 2 rings (SSSR count). The highest BCUT2D eigenvalue weighted by Gasteiger charge is 2.39. The van der Waals surface area contributed by atoms with Gasteiger partial charge < -0.3 is 10.1 Å². The quantitative estimate of drug-likeness (QED) is 0.828. The molecular weight excluding hydrogens is 258 g/mol. The third-order valence-electron chi connectivity index (χ3n) is 4.86. The van der Waals surface area contributed by atoms with Crippen LogP contribution in [0.25, 0.3) is 0 Å². The molecule has 0 bridgehead atoms. The van der Waals surface area contributed by atoms with Gasteiger partial charge in [-0.2, -0.15) is 0 Å². The Morgan fingerprint density at radius 2 is 1.95 bits per heavy atom. The summed E-state index contributed by atoms with van der Waals surface area (Å²) in [4.78, 5) is 0. The highest BCUT2D eigenvalue weighted by Crippen LogP contribution is 2.37. The molecule has 2 heteroatoms. The lowest BCUT2D eigenvalue weighted by Gasteiger charge is -2.43. The third kappa shape index (κ3) is 4.23. The predicted molar refractivity (Wildman–Crippen MR) is 89.9 cm³/mol. The van der Waals surface area contributed by atoms with Crippen LogP contribution >= 0.6 is 0 Å². The summed E-state index contributed by atoms with van der Waals surface area (Å²) in [7, 11) is 2.06. The Labute approximate surface area is 130 Å². The van der Waals surface area contributed by atoms with Gasteiger partial charge in [0.1, 0.15) is 11.9 Å². The number of nitrogens with one attached hydrogen (secondary N) is 1. The molecule has 2 unspecified atom stereocenters. The molecule has 0 heterocycles. The van der Waals surface area contributed by atoms with E-state index in [2.05, 4.69) is 57.4 Å². The first-order valence-corrected chi connectivity index (χ1v) is 8.49. The van der Waals surface area contributed by atoms with Crippen LogP contribution in [0.2, 0.25) is 0 Å². The van der Waals surface area contributed by atoms with Crippen LogP contribution in [0.3, 0.4) is 0 Å². The van der Waals surface area contributed by atoms with Gasteiger partial charge >= 0.3 is 0 Å². The van der Waals surface area contributed by atoms with Gasteiger partial charge in [-0.1, -0.05) is 39.3 Å². The second kappa shape index (κ2) is 7.31. The lowest BCUT2D eigenvalue weighted by molar-refractivity contribution is 0.0404. The van der Waals surface area contributed by atoms with E-state index in [9.17, 15) is 0 Å². The van der Waals surface area contributed by atoms with E-state index in [1.165, 1.54) is 37.7 Å². The fourth-order valence-corrected chi connectivity index (χ4v) is 3.58. The van der Waals surface area contributed by atoms with Crippen LogP contribution < -0.4 is 10.1 Å². The van der Waals surface area contributed by atoms with Crippen molar-refractivity contribution in [3.63, 3.8) is 0 Å². The molecule has 0 saturated heterocycles. The molecule has 0 aliphatic heterocycles. The van der Waals surface area contributed by atoms with Gasteiger partial charge in [0.2, 0.25) is 0 Å². The average Bonchev–Trinajstić information content (AvgIpc) is 2.46. The van der Waals surface area contributed by atoms with Crippen LogP contribution in [0, 0.1) is 5.41 Å². The van der Waals surface area contributed by atoms with Crippen molar-refractivity contribution in [1.82, 2.24) is 5.32 Å². The molecule has 1 N–H and O–H groups in total. The maximum absolute atomic E-state index is 6.29. The monoisotopic (exact) mass is 289 g/mol. The zero-order valence-corrected chi connectivity index (χ0v) is 14.1. The van der Waals surface area contributed by atoms with Crippen LogP contribution in [0.4, 0.5) is 0 Å². The van der Waals surface area contributed by atoms with Crippen molar-refractivity contribution in [2.45, 2.75) is 71.4 Å². The van der Waals surface area contributed by atoms with Gasteiger partial charge in [0.15, 0.2) is 0 Å². The molecule has 0 radical (unpaired) electrons. The van der Waals surface area contributed by atoms with E-state index < -0.39 is 0 Å². The van der Waals surface area contributed by atoms with Crippen LogP contribution in [0.1, 0.15) is 58.4 Å². The van der Waals surface area contributed by atoms with E-state index >= 15 is 0 Å². The molecule has 1 saturated carbocycles. The number of benzene rings is 1. The summed E-state index contributed by atoms with van der Waals surface area (Å²) in [5.74, 6) is 1.01. The summed E-state index contributed by atoms with van der Waals surface area (Å²) in [6, 6.07) is 9.13. The van der Waals surface area contributed by atoms with E-state index in [0.717, 1.165) is 12.2 Å². The van der Waals surface area contributed by atoms with Crippen molar-refractivity contribution in [1.29, 1.82) is 0 Å². The first kappa shape index (κ1) is 16.4. The van der Waals surface area contributed by atoms with Gasteiger partial charge in [-0.05, 0) is 62.3 Å². The molecule has 1 aliphatic carbocycles. The van der Waals surface area contributed by atoms with Gasteiger partial charge in [0.05, 0.1) is 0 Å². The Kier molecular flexibility index (Phi) is 5.69. The highest BCUT2D eigenvalue weighted by molar-refractivity contribution is 5.27. The minimum atomic E-state index is 0.278. The van der Waals surface area contributed by atoms with E-state index in [1.54, 1.807) is 0 Å². The van der Waals surface area contributed by atoms with Crippen molar-refractivity contribution in [3.05, 3.63) is 29.8 Å². The van der Waals surface area contributed by atoms with Gasteiger partial charge in [-0.3, -0.25) is 0 Å². The largest absolute Gasteiger partial charge is 0.489 e. The first-order chi connectivity index (χ1) is 10.1. The van der Waals surface area contributed by atoms with Crippen molar-refractivity contribution in [2.24, 2.45) is 5.41 Å². The topological polar surface area (TPSA) is 21.3 Å². The maximum Gasteiger partial charge on any atom is 0.119 e. The van der Waals surface area contributed by atoms with E-state index in [-0.39, 0.29) is 6.10 Å². The van der Waals surface area contributed by atoms with E-state index in [0.29, 0.717) is 11.5 Å². The molecule has 0 aromatic heterocycles. The van der Waals surface area contributed by atoms with Crippen molar-refractivity contribution < 1.29 is 4.74 Å². The lowest BCUT2D eigenvalue weighted by atomic mass is 9.72. The zero-order valence-electron chi connectivity index (χ0n) is 14.1. The van der Waals surface area contributed by atoms with E-state index in [4.69, 9.17) is 4.74 Å². The number of rotatable bonds is 6. The molecule has 118 valence electrons. The summed E-state index contributed by atoms with van der Waals surface area (Å²) < 4.78 is 6.29. The summed E-state index contributed by atoms with van der Waals surface area (Å²) in [5, 5.41) is 3.48. The maximum atomic E-state index is 6.29. The third-order valence-corrected chi connectivity index (χ3v) is 4.86. The molecule has 0 spiro atoms. The summed E-state index contributed by atoms with van der Waals surface area (Å²) in [6.07, 6.45) is 7.63. The second-order valence-corrected chi connectivity index (χ2v) is 7.05. The minimum absolute atomic E-state index is 0.278. The standard InChI is InChI=1S/C19H31NO/c1-5-6-8-15-10-12-16(13-11-15)21-17-9-7-14-19(2,3)18(17)20-4/h10-13,17-18,20H,5-9,14H2,1-4H3. The molecule has 2 nitrogen and oxygen atoms in total. The minimum Gasteiger partial charge on any atom is -0.489 e. The SMILES string of the molecule is CCCCc1ccc(OC2CCCC(C)(C)C2NC)cc1. The zero-order chi connectivity index (χ0) is 15.3. The van der Waals surface area contributed by atoms with Crippen LogP contribution in [-0.2, 0) is 6.42 Å². The van der Waals surface area contributed by atoms with E-state index in [1.807, 2.05) is 0 Å². The fraction of sp³-hybridized carbons (Fsp3) is 0.684. The van der Waals surface area contributed by atoms with Crippen molar-refractivity contribution in [2.75, 3.05) is 7.05 Å². The number of likely N-dealkylation sites (N-methyl/N-ethyl adjacent to an activating group) is 1. The van der Waals surface area contributed by atoms with Crippen molar-refractivity contribution in [3.8, 4) is 5.75 Å². The lowest BCUT2D eigenvalue weighted by Crippen LogP contribution is -2.53. The molecular formula is C19H31NO. The van der Waals surface area contributed by atoms with Gasteiger partial charge in [0, 0.05) is 6.04 Å². The molecule has 2 atom stereocenters. The number of hydrogen-bond donors (Lipinski definition) is 1. The number of hydrogen-bond acceptors (Lipinski definition) is 2. The fourth-order valence-electron chi connectivity index (χ4n) is 3.58.